The Balaban J connectivity index is 1.50. The summed E-state index contributed by atoms with van der Waals surface area (Å²) in [7, 11) is 0. The molecular weight excluding hydrogens is 547 g/mol. The van der Waals surface area contributed by atoms with Crippen molar-refractivity contribution >= 4 is 61.2 Å². The van der Waals surface area contributed by atoms with Crippen molar-refractivity contribution in [2.24, 2.45) is 0 Å². The number of thiocarbonyl (C=S) groups is 1. The minimum atomic E-state index is -0.296. The summed E-state index contributed by atoms with van der Waals surface area (Å²) in [6.45, 7) is 0.236. The van der Waals surface area contributed by atoms with Gasteiger partial charge in [-0.15, -0.1) is 0 Å². The highest BCUT2D eigenvalue weighted by atomic mass is 79.9. The maximum atomic E-state index is 13.4. The number of ether oxygens (including phenoxy) is 1. The van der Waals surface area contributed by atoms with E-state index in [1.165, 1.54) is 18.6 Å². The minimum Gasteiger partial charge on any atom is -0.487 e. The Hall–Kier alpha value is -1.77. The molecule has 0 bridgehead atoms. The fourth-order valence-corrected chi connectivity index (χ4v) is 5.76. The van der Waals surface area contributed by atoms with Crippen LogP contribution < -0.4 is 10.1 Å². The molecule has 1 N–H and O–H groups in total. The van der Waals surface area contributed by atoms with Crippen molar-refractivity contribution in [2.75, 3.05) is 0 Å². The SMILES string of the molecule is O=C1/C(=C/c2cc(Br)c(OCc3cccc(F)c3)c(Br)c2)NC(=S)N1C1CCCCC1. The first-order chi connectivity index (χ1) is 14.9. The molecular formula is C23H21Br2FN2O2S. The molecule has 1 aliphatic heterocycles. The van der Waals surface area contributed by atoms with Gasteiger partial charge >= 0.3 is 0 Å². The fourth-order valence-electron chi connectivity index (χ4n) is 3.97. The molecule has 0 unspecified atom stereocenters. The summed E-state index contributed by atoms with van der Waals surface area (Å²) in [5.74, 6) is 0.238. The molecule has 0 atom stereocenters. The molecule has 31 heavy (non-hydrogen) atoms. The zero-order valence-corrected chi connectivity index (χ0v) is 20.7. The molecule has 1 saturated carbocycles. The van der Waals surface area contributed by atoms with Crippen molar-refractivity contribution in [1.82, 2.24) is 10.2 Å². The van der Waals surface area contributed by atoms with Gasteiger partial charge in [0.15, 0.2) is 5.11 Å². The summed E-state index contributed by atoms with van der Waals surface area (Å²) in [5.41, 5.74) is 2.03. The van der Waals surface area contributed by atoms with Crippen molar-refractivity contribution < 1.29 is 13.9 Å². The summed E-state index contributed by atoms with van der Waals surface area (Å²) < 4.78 is 20.7. The molecule has 2 fully saturated rings. The highest BCUT2D eigenvalue weighted by molar-refractivity contribution is 9.11. The Morgan fingerprint density at radius 3 is 2.55 bits per heavy atom. The van der Waals surface area contributed by atoms with Crippen molar-refractivity contribution in [3.05, 3.63) is 68.0 Å². The van der Waals surface area contributed by atoms with Crippen LogP contribution >= 0.6 is 44.1 Å². The smallest absolute Gasteiger partial charge is 0.276 e. The Kier molecular flexibility index (Phi) is 7.08. The van der Waals surface area contributed by atoms with Gasteiger partial charge in [0.25, 0.3) is 5.91 Å². The van der Waals surface area contributed by atoms with E-state index >= 15 is 0 Å². The standard InChI is InChI=1S/C23H21Br2FN2O2S/c24-18-10-15(11-19(25)21(18)30-13-14-5-4-6-16(26)9-14)12-20-22(29)28(23(31)27-20)17-7-2-1-3-8-17/h4-6,9-12,17H,1-3,7-8,13H2,(H,27,31)/b20-12-. The number of amides is 1. The van der Waals surface area contributed by atoms with Gasteiger partial charge in [0.05, 0.1) is 8.95 Å². The van der Waals surface area contributed by atoms with Crippen LogP contribution in [0.3, 0.4) is 0 Å². The van der Waals surface area contributed by atoms with Gasteiger partial charge in [-0.25, -0.2) is 4.39 Å². The normalized spacial score (nSPS) is 18.5. The van der Waals surface area contributed by atoms with E-state index in [0.717, 1.165) is 45.8 Å². The first kappa shape index (κ1) is 22.4. The van der Waals surface area contributed by atoms with Crippen molar-refractivity contribution in [2.45, 2.75) is 44.8 Å². The lowest BCUT2D eigenvalue weighted by atomic mass is 9.94. The van der Waals surface area contributed by atoms with Crippen LogP contribution in [0.15, 0.2) is 51.0 Å². The average Bonchev–Trinajstić information content (AvgIpc) is 3.01. The third kappa shape index (κ3) is 5.18. The van der Waals surface area contributed by atoms with Crippen LogP contribution in [0.4, 0.5) is 4.39 Å². The van der Waals surface area contributed by atoms with Gasteiger partial charge in [0.2, 0.25) is 0 Å². The molecule has 1 aliphatic carbocycles. The van der Waals surface area contributed by atoms with Gasteiger partial charge in [0, 0.05) is 6.04 Å². The number of hydrogen-bond acceptors (Lipinski definition) is 3. The van der Waals surface area contributed by atoms with Crippen molar-refractivity contribution in [3.8, 4) is 5.75 Å². The zero-order valence-electron chi connectivity index (χ0n) is 16.7. The molecule has 0 aromatic heterocycles. The van der Waals surface area contributed by atoms with Gasteiger partial charge < -0.3 is 10.1 Å². The third-order valence-corrected chi connectivity index (χ3v) is 6.93. The number of carbonyl (C=O) groups is 1. The molecule has 1 amide bonds. The molecule has 1 heterocycles. The second kappa shape index (κ2) is 9.79. The van der Waals surface area contributed by atoms with E-state index in [4.69, 9.17) is 17.0 Å². The molecule has 2 aromatic rings. The summed E-state index contributed by atoms with van der Waals surface area (Å²) >= 11 is 12.5. The second-order valence-corrected chi connectivity index (χ2v) is 9.78. The number of benzene rings is 2. The molecule has 162 valence electrons. The Morgan fingerprint density at radius 1 is 1.16 bits per heavy atom. The van der Waals surface area contributed by atoms with Gasteiger partial charge in [-0.05, 0) is 98.4 Å². The van der Waals surface area contributed by atoms with Gasteiger partial charge in [-0.3, -0.25) is 9.69 Å². The highest BCUT2D eigenvalue weighted by Crippen LogP contribution is 2.36. The summed E-state index contributed by atoms with van der Waals surface area (Å²) in [6.07, 6.45) is 7.27. The monoisotopic (exact) mass is 566 g/mol. The minimum absolute atomic E-state index is 0.0735. The number of nitrogens with zero attached hydrogens (tertiary/aromatic N) is 1. The van der Waals surface area contributed by atoms with Gasteiger partial charge in [-0.1, -0.05) is 31.4 Å². The van der Waals surface area contributed by atoms with Crippen molar-refractivity contribution in [1.29, 1.82) is 0 Å². The molecule has 2 aliphatic rings. The predicted octanol–water partition coefficient (Wildman–Crippen LogP) is 6.32. The molecule has 0 radical (unpaired) electrons. The van der Waals surface area contributed by atoms with Crippen LogP contribution in [-0.4, -0.2) is 22.0 Å². The quantitative estimate of drug-likeness (QED) is 0.339. The zero-order chi connectivity index (χ0) is 22.0. The molecule has 0 spiro atoms. The lowest BCUT2D eigenvalue weighted by Gasteiger charge is -2.29. The molecule has 8 heteroatoms. The van der Waals surface area contributed by atoms with Crippen LogP contribution in [0.5, 0.6) is 5.75 Å². The lowest BCUT2D eigenvalue weighted by Crippen LogP contribution is -2.41. The number of carbonyl (C=O) groups excluding carboxylic acids is 1. The lowest BCUT2D eigenvalue weighted by molar-refractivity contribution is -0.124. The summed E-state index contributed by atoms with van der Waals surface area (Å²) in [5, 5.41) is 3.56. The van der Waals surface area contributed by atoms with E-state index in [1.54, 1.807) is 17.0 Å². The number of halogens is 3. The Labute approximate surface area is 203 Å². The third-order valence-electron chi connectivity index (χ3n) is 5.45. The summed E-state index contributed by atoms with van der Waals surface area (Å²) in [4.78, 5) is 14.7. The van der Waals surface area contributed by atoms with E-state index < -0.39 is 0 Å². The molecule has 2 aromatic carbocycles. The molecule has 4 rings (SSSR count). The van der Waals surface area contributed by atoms with Gasteiger partial charge in [0.1, 0.15) is 23.9 Å². The topological polar surface area (TPSA) is 41.6 Å². The predicted molar refractivity (Wildman–Crippen MR) is 130 cm³/mol. The highest BCUT2D eigenvalue weighted by Gasteiger charge is 2.36. The van der Waals surface area contributed by atoms with E-state index in [0.29, 0.717) is 16.6 Å². The summed E-state index contributed by atoms with van der Waals surface area (Å²) in [6, 6.07) is 10.2. The Morgan fingerprint density at radius 2 is 1.87 bits per heavy atom. The van der Waals surface area contributed by atoms with E-state index in [9.17, 15) is 9.18 Å². The number of nitrogens with one attached hydrogen (secondary N) is 1. The average molecular weight is 568 g/mol. The van der Waals surface area contributed by atoms with Gasteiger partial charge in [-0.2, -0.15) is 0 Å². The van der Waals surface area contributed by atoms with E-state index in [1.807, 2.05) is 18.2 Å². The maximum Gasteiger partial charge on any atom is 0.276 e. The van der Waals surface area contributed by atoms with Crippen LogP contribution in [0.25, 0.3) is 6.08 Å². The number of hydrogen-bond donors (Lipinski definition) is 1. The van der Waals surface area contributed by atoms with Crippen LogP contribution in [0.2, 0.25) is 0 Å². The fraction of sp³-hybridized carbons (Fsp3) is 0.304. The molecule has 1 saturated heterocycles. The van der Waals surface area contributed by atoms with Crippen LogP contribution in [-0.2, 0) is 11.4 Å². The first-order valence-electron chi connectivity index (χ1n) is 10.1. The van der Waals surface area contributed by atoms with Crippen molar-refractivity contribution in [3.63, 3.8) is 0 Å². The maximum absolute atomic E-state index is 13.4. The second-order valence-electron chi connectivity index (χ2n) is 7.69. The largest absolute Gasteiger partial charge is 0.487 e. The number of rotatable bonds is 5. The van der Waals surface area contributed by atoms with Crippen LogP contribution in [0.1, 0.15) is 43.2 Å². The molecule has 4 nitrogen and oxygen atoms in total. The first-order valence-corrected chi connectivity index (χ1v) is 12.1. The van der Waals surface area contributed by atoms with E-state index in [-0.39, 0.29) is 24.4 Å². The van der Waals surface area contributed by atoms with Crippen LogP contribution in [0, 0.1) is 5.82 Å². The Bertz CT molecular complexity index is 1030. The van der Waals surface area contributed by atoms with E-state index in [2.05, 4.69) is 37.2 Å².